The SMILES string of the molecule is Cn1ccnc1C(=O)[C@H]1CCCN(C(=O)c2ccc3n[nH]nc3c2)C1. The van der Waals surface area contributed by atoms with E-state index in [1.165, 1.54) is 0 Å². The molecule has 1 aliphatic heterocycles. The molecule has 0 saturated carbocycles. The van der Waals surface area contributed by atoms with E-state index in [9.17, 15) is 9.59 Å². The van der Waals surface area contributed by atoms with Gasteiger partial charge in [-0.3, -0.25) is 9.59 Å². The predicted octanol–water partition coefficient (Wildman–Crippen LogP) is 1.43. The number of hydrogen-bond acceptors (Lipinski definition) is 5. The number of ketones is 1. The van der Waals surface area contributed by atoms with Crippen molar-refractivity contribution in [3.05, 3.63) is 42.0 Å². The van der Waals surface area contributed by atoms with Crippen molar-refractivity contribution in [3.63, 3.8) is 0 Å². The lowest BCUT2D eigenvalue weighted by Gasteiger charge is -2.32. The van der Waals surface area contributed by atoms with Crippen LogP contribution in [0.2, 0.25) is 0 Å². The highest BCUT2D eigenvalue weighted by molar-refractivity contribution is 5.99. The third-order valence-corrected chi connectivity index (χ3v) is 4.68. The Bertz CT molecular complexity index is 943. The summed E-state index contributed by atoms with van der Waals surface area (Å²) in [5.74, 6) is 0.150. The first-order valence-corrected chi connectivity index (χ1v) is 8.25. The lowest BCUT2D eigenvalue weighted by atomic mass is 9.92. The number of piperidine rings is 1. The van der Waals surface area contributed by atoms with E-state index >= 15 is 0 Å². The number of Topliss-reactive ketones (excluding diaryl/α,β-unsaturated/α-hetero) is 1. The zero-order chi connectivity index (χ0) is 17.4. The van der Waals surface area contributed by atoms with Gasteiger partial charge in [-0.05, 0) is 31.0 Å². The quantitative estimate of drug-likeness (QED) is 0.729. The van der Waals surface area contributed by atoms with Crippen LogP contribution in [0.25, 0.3) is 11.0 Å². The summed E-state index contributed by atoms with van der Waals surface area (Å²) in [7, 11) is 1.80. The minimum atomic E-state index is -0.213. The number of imidazole rings is 1. The van der Waals surface area contributed by atoms with Crippen LogP contribution in [-0.2, 0) is 7.05 Å². The van der Waals surface area contributed by atoms with E-state index in [-0.39, 0.29) is 17.6 Å². The highest BCUT2D eigenvalue weighted by atomic mass is 16.2. The second-order valence-electron chi connectivity index (χ2n) is 6.34. The van der Waals surface area contributed by atoms with Crippen molar-refractivity contribution in [2.75, 3.05) is 13.1 Å². The molecular formula is C17H18N6O2. The van der Waals surface area contributed by atoms with E-state index in [1.54, 1.807) is 47.1 Å². The van der Waals surface area contributed by atoms with Gasteiger partial charge in [-0.2, -0.15) is 15.4 Å². The van der Waals surface area contributed by atoms with Crippen LogP contribution < -0.4 is 0 Å². The molecule has 8 nitrogen and oxygen atoms in total. The number of likely N-dealkylation sites (tertiary alicyclic amines) is 1. The minimum Gasteiger partial charge on any atom is -0.338 e. The molecule has 1 amide bonds. The molecule has 0 aliphatic carbocycles. The molecule has 1 fully saturated rings. The number of benzene rings is 1. The maximum atomic E-state index is 12.8. The fourth-order valence-corrected chi connectivity index (χ4v) is 3.32. The molecular weight excluding hydrogens is 320 g/mol. The van der Waals surface area contributed by atoms with Crippen molar-refractivity contribution in [3.8, 4) is 0 Å². The van der Waals surface area contributed by atoms with Gasteiger partial charge in [0.15, 0.2) is 5.82 Å². The first kappa shape index (κ1) is 15.5. The number of fused-ring (bicyclic) bond motifs is 1. The summed E-state index contributed by atoms with van der Waals surface area (Å²) in [6, 6.07) is 5.25. The average Bonchev–Trinajstić information content (AvgIpc) is 3.28. The molecule has 1 N–H and O–H groups in total. The van der Waals surface area contributed by atoms with Crippen LogP contribution in [0.5, 0.6) is 0 Å². The Morgan fingerprint density at radius 1 is 1.24 bits per heavy atom. The summed E-state index contributed by atoms with van der Waals surface area (Å²) in [6.07, 6.45) is 4.95. The van der Waals surface area contributed by atoms with Gasteiger partial charge in [0.05, 0.1) is 0 Å². The van der Waals surface area contributed by atoms with Crippen molar-refractivity contribution < 1.29 is 9.59 Å². The Hall–Kier alpha value is -3.03. The normalized spacial score (nSPS) is 17.8. The zero-order valence-electron chi connectivity index (χ0n) is 13.8. The predicted molar refractivity (Wildman–Crippen MR) is 90.1 cm³/mol. The molecule has 0 radical (unpaired) electrons. The molecule has 0 unspecified atom stereocenters. The fourth-order valence-electron chi connectivity index (χ4n) is 3.32. The molecule has 0 spiro atoms. The van der Waals surface area contributed by atoms with E-state index in [1.807, 2.05) is 0 Å². The number of carbonyl (C=O) groups excluding carboxylic acids is 2. The maximum Gasteiger partial charge on any atom is 0.253 e. The van der Waals surface area contributed by atoms with Gasteiger partial charge in [0.2, 0.25) is 5.78 Å². The second kappa shape index (κ2) is 6.12. The Morgan fingerprint density at radius 2 is 2.08 bits per heavy atom. The number of hydrogen-bond donors (Lipinski definition) is 1. The highest BCUT2D eigenvalue weighted by Gasteiger charge is 2.31. The lowest BCUT2D eigenvalue weighted by molar-refractivity contribution is 0.0633. The van der Waals surface area contributed by atoms with Crippen molar-refractivity contribution >= 4 is 22.7 Å². The minimum absolute atomic E-state index is 0.00282. The van der Waals surface area contributed by atoms with Gasteiger partial charge in [-0.25, -0.2) is 4.98 Å². The number of carbonyl (C=O) groups is 2. The van der Waals surface area contributed by atoms with Crippen LogP contribution in [0, 0.1) is 5.92 Å². The Balaban J connectivity index is 1.53. The van der Waals surface area contributed by atoms with Crippen molar-refractivity contribution in [1.82, 2.24) is 29.9 Å². The largest absolute Gasteiger partial charge is 0.338 e. The van der Waals surface area contributed by atoms with E-state index in [0.717, 1.165) is 18.4 Å². The molecule has 3 heterocycles. The topological polar surface area (TPSA) is 96.8 Å². The van der Waals surface area contributed by atoms with Gasteiger partial charge in [-0.1, -0.05) is 0 Å². The summed E-state index contributed by atoms with van der Waals surface area (Å²) in [5.41, 5.74) is 1.94. The van der Waals surface area contributed by atoms with Crippen molar-refractivity contribution in [2.45, 2.75) is 12.8 Å². The first-order chi connectivity index (χ1) is 12.1. The number of amides is 1. The van der Waals surface area contributed by atoms with Crippen LogP contribution in [-0.4, -0.2) is 54.6 Å². The Labute approximate surface area is 143 Å². The lowest BCUT2D eigenvalue weighted by Crippen LogP contribution is -2.42. The number of H-pyrrole nitrogens is 1. The van der Waals surface area contributed by atoms with Gasteiger partial charge in [0, 0.05) is 44.0 Å². The van der Waals surface area contributed by atoms with E-state index in [2.05, 4.69) is 20.4 Å². The summed E-state index contributed by atoms with van der Waals surface area (Å²) < 4.78 is 1.72. The monoisotopic (exact) mass is 338 g/mol. The van der Waals surface area contributed by atoms with Gasteiger partial charge in [0.1, 0.15) is 11.0 Å². The molecule has 4 rings (SSSR count). The zero-order valence-corrected chi connectivity index (χ0v) is 13.8. The highest BCUT2D eigenvalue weighted by Crippen LogP contribution is 2.22. The number of aromatic amines is 1. The molecule has 1 saturated heterocycles. The van der Waals surface area contributed by atoms with Gasteiger partial charge in [-0.15, -0.1) is 0 Å². The van der Waals surface area contributed by atoms with Crippen LogP contribution in [0.1, 0.15) is 33.8 Å². The van der Waals surface area contributed by atoms with E-state index < -0.39 is 0 Å². The number of rotatable bonds is 3. The third-order valence-electron chi connectivity index (χ3n) is 4.68. The van der Waals surface area contributed by atoms with Gasteiger partial charge < -0.3 is 9.47 Å². The van der Waals surface area contributed by atoms with Crippen LogP contribution >= 0.6 is 0 Å². The first-order valence-electron chi connectivity index (χ1n) is 8.25. The Kier molecular flexibility index (Phi) is 3.79. The van der Waals surface area contributed by atoms with E-state index in [4.69, 9.17) is 0 Å². The molecule has 8 heteroatoms. The summed E-state index contributed by atoms with van der Waals surface area (Å²) in [6.45, 7) is 1.07. The van der Waals surface area contributed by atoms with Crippen molar-refractivity contribution in [2.24, 2.45) is 13.0 Å². The third kappa shape index (κ3) is 2.79. The van der Waals surface area contributed by atoms with Crippen LogP contribution in [0.15, 0.2) is 30.6 Å². The van der Waals surface area contributed by atoms with Crippen molar-refractivity contribution in [1.29, 1.82) is 0 Å². The molecule has 1 aromatic carbocycles. The molecule has 3 aromatic rings. The van der Waals surface area contributed by atoms with Gasteiger partial charge >= 0.3 is 0 Å². The Morgan fingerprint density at radius 3 is 2.88 bits per heavy atom. The van der Waals surface area contributed by atoms with Gasteiger partial charge in [0.25, 0.3) is 5.91 Å². The number of aryl methyl sites for hydroxylation is 1. The smallest absolute Gasteiger partial charge is 0.253 e. The molecule has 25 heavy (non-hydrogen) atoms. The standard InChI is InChI=1S/C17H18N6O2/c1-22-8-6-18-16(22)15(24)12-3-2-7-23(10-12)17(25)11-4-5-13-14(9-11)20-21-19-13/h4-6,8-9,12H,2-3,7,10H2,1H3,(H,19,20,21)/t12-/m0/s1. The molecule has 1 atom stereocenters. The summed E-state index contributed by atoms with van der Waals surface area (Å²) in [5, 5.41) is 10.6. The molecule has 1 aliphatic rings. The van der Waals surface area contributed by atoms with Crippen LogP contribution in [0.4, 0.5) is 0 Å². The summed E-state index contributed by atoms with van der Waals surface area (Å²) in [4.78, 5) is 31.4. The number of nitrogens with one attached hydrogen (secondary N) is 1. The molecule has 128 valence electrons. The second-order valence-corrected chi connectivity index (χ2v) is 6.34. The maximum absolute atomic E-state index is 12.8. The number of aromatic nitrogens is 5. The molecule has 2 aromatic heterocycles. The summed E-state index contributed by atoms with van der Waals surface area (Å²) >= 11 is 0. The van der Waals surface area contributed by atoms with Crippen LogP contribution in [0.3, 0.4) is 0 Å². The fraction of sp³-hybridized carbons (Fsp3) is 0.353. The average molecular weight is 338 g/mol. The number of nitrogens with zero attached hydrogens (tertiary/aromatic N) is 5. The molecule has 0 bridgehead atoms. The van der Waals surface area contributed by atoms with E-state index in [0.29, 0.717) is 30.0 Å².